The van der Waals surface area contributed by atoms with Crippen LogP contribution in [0.2, 0.25) is 0 Å². The Hall–Kier alpha value is -1.81. The van der Waals surface area contributed by atoms with E-state index in [1.807, 2.05) is 30.3 Å². The van der Waals surface area contributed by atoms with Crippen LogP contribution >= 0.6 is 0 Å². The number of aromatic nitrogens is 2. The van der Waals surface area contributed by atoms with Crippen LogP contribution in [0, 0.1) is 0 Å². The molecular weight excluding hydrogens is 192 g/mol. The van der Waals surface area contributed by atoms with Crippen molar-refractivity contribution in [1.82, 2.24) is 9.78 Å². The van der Waals surface area contributed by atoms with Crippen molar-refractivity contribution in [3.8, 4) is 11.3 Å². The van der Waals surface area contributed by atoms with Gasteiger partial charge in [0.1, 0.15) is 0 Å². The van der Waals surface area contributed by atoms with Gasteiger partial charge in [0, 0.05) is 6.07 Å². The summed E-state index contributed by atoms with van der Waals surface area (Å²) >= 11 is 0. The third-order valence-corrected chi connectivity index (χ3v) is 2.20. The molecule has 0 amide bonds. The van der Waals surface area contributed by atoms with Crippen molar-refractivity contribution in [3.05, 3.63) is 46.8 Å². The van der Waals surface area contributed by atoms with Crippen LogP contribution in [0.1, 0.15) is 0 Å². The van der Waals surface area contributed by atoms with Crippen LogP contribution in [0.4, 0.5) is 0 Å². The molecular formula is C11H12N2O2. The zero-order chi connectivity index (χ0) is 10.7. The number of aromatic amines is 1. The molecule has 0 aliphatic rings. The number of H-pyrrole nitrogens is 1. The number of rotatable bonds is 3. The van der Waals surface area contributed by atoms with Crippen molar-refractivity contribution >= 4 is 0 Å². The maximum absolute atomic E-state index is 11.4. The van der Waals surface area contributed by atoms with E-state index in [-0.39, 0.29) is 12.2 Å². The van der Waals surface area contributed by atoms with E-state index >= 15 is 0 Å². The summed E-state index contributed by atoms with van der Waals surface area (Å²) < 4.78 is 1.39. The van der Waals surface area contributed by atoms with Crippen LogP contribution in [0.15, 0.2) is 41.2 Å². The van der Waals surface area contributed by atoms with Gasteiger partial charge in [-0.05, 0) is 5.56 Å². The van der Waals surface area contributed by atoms with Crippen molar-refractivity contribution in [2.75, 3.05) is 6.61 Å². The first kappa shape index (κ1) is 9.73. The summed E-state index contributed by atoms with van der Waals surface area (Å²) in [6.07, 6.45) is 0. The number of nitrogens with zero attached hydrogens (tertiary/aromatic N) is 1. The van der Waals surface area contributed by atoms with Gasteiger partial charge >= 0.3 is 0 Å². The van der Waals surface area contributed by atoms with Gasteiger partial charge in [-0.2, -0.15) is 0 Å². The number of hydrogen-bond acceptors (Lipinski definition) is 2. The Kier molecular flexibility index (Phi) is 2.69. The molecule has 0 saturated carbocycles. The topological polar surface area (TPSA) is 58.0 Å². The highest BCUT2D eigenvalue weighted by Gasteiger charge is 2.03. The molecule has 0 aliphatic heterocycles. The largest absolute Gasteiger partial charge is 0.394 e. The zero-order valence-corrected chi connectivity index (χ0v) is 8.18. The molecule has 0 unspecified atom stereocenters. The van der Waals surface area contributed by atoms with Gasteiger partial charge in [-0.1, -0.05) is 30.3 Å². The molecule has 0 radical (unpaired) electrons. The molecule has 0 bridgehead atoms. The van der Waals surface area contributed by atoms with Crippen molar-refractivity contribution in [1.29, 1.82) is 0 Å². The van der Waals surface area contributed by atoms with E-state index in [4.69, 9.17) is 5.11 Å². The first-order chi connectivity index (χ1) is 7.31. The van der Waals surface area contributed by atoms with Crippen LogP contribution in [0.3, 0.4) is 0 Å². The van der Waals surface area contributed by atoms with Gasteiger partial charge in [-0.3, -0.25) is 14.6 Å². The number of aliphatic hydroxyl groups excluding tert-OH is 1. The average molecular weight is 204 g/mol. The summed E-state index contributed by atoms with van der Waals surface area (Å²) in [4.78, 5) is 11.4. The summed E-state index contributed by atoms with van der Waals surface area (Å²) in [5.41, 5.74) is 1.61. The molecule has 0 saturated heterocycles. The van der Waals surface area contributed by atoms with Crippen molar-refractivity contribution < 1.29 is 5.11 Å². The Labute approximate surface area is 86.8 Å². The van der Waals surface area contributed by atoms with Gasteiger partial charge in [0.2, 0.25) is 0 Å². The van der Waals surface area contributed by atoms with E-state index in [1.165, 1.54) is 10.7 Å². The summed E-state index contributed by atoms with van der Waals surface area (Å²) in [7, 11) is 0. The molecule has 1 aromatic carbocycles. The van der Waals surface area contributed by atoms with Crippen LogP contribution in [0.25, 0.3) is 11.3 Å². The lowest BCUT2D eigenvalue weighted by molar-refractivity contribution is 0.267. The molecule has 0 fully saturated rings. The molecule has 4 nitrogen and oxygen atoms in total. The summed E-state index contributed by atoms with van der Waals surface area (Å²) in [5, 5.41) is 11.7. The first-order valence-corrected chi connectivity index (χ1v) is 4.77. The third-order valence-electron chi connectivity index (χ3n) is 2.20. The predicted molar refractivity (Wildman–Crippen MR) is 57.6 cm³/mol. The highest BCUT2D eigenvalue weighted by molar-refractivity contribution is 5.57. The Morgan fingerprint density at radius 1 is 1.27 bits per heavy atom. The second kappa shape index (κ2) is 4.14. The molecule has 0 atom stereocenters. The van der Waals surface area contributed by atoms with E-state index < -0.39 is 0 Å². The second-order valence-electron chi connectivity index (χ2n) is 3.25. The van der Waals surface area contributed by atoms with Gasteiger partial charge < -0.3 is 5.11 Å². The van der Waals surface area contributed by atoms with Crippen molar-refractivity contribution in [2.24, 2.45) is 0 Å². The smallest absolute Gasteiger partial charge is 0.267 e. The van der Waals surface area contributed by atoms with Crippen molar-refractivity contribution in [2.45, 2.75) is 6.54 Å². The lowest BCUT2D eigenvalue weighted by Gasteiger charge is -1.98. The standard InChI is InChI=1S/C11H12N2O2/c14-7-6-13-11(15)8-10(12-13)9-4-2-1-3-5-9/h1-5,8,12,14H,6-7H2. The van der Waals surface area contributed by atoms with Crippen molar-refractivity contribution in [3.63, 3.8) is 0 Å². The van der Waals surface area contributed by atoms with Crippen LogP contribution in [-0.2, 0) is 6.54 Å². The average Bonchev–Trinajstić information content (AvgIpc) is 2.63. The molecule has 4 heteroatoms. The minimum atomic E-state index is -0.122. The van der Waals surface area contributed by atoms with E-state index in [1.54, 1.807) is 0 Å². The molecule has 2 aromatic rings. The molecule has 78 valence electrons. The van der Waals surface area contributed by atoms with E-state index in [0.29, 0.717) is 6.54 Å². The fraction of sp³-hybridized carbons (Fsp3) is 0.182. The van der Waals surface area contributed by atoms with Gasteiger partial charge in [0.05, 0.1) is 18.8 Å². The Balaban J connectivity index is 2.39. The normalized spacial score (nSPS) is 10.5. The Morgan fingerprint density at radius 2 is 2.00 bits per heavy atom. The Bertz CT molecular complexity index is 485. The number of hydrogen-bond donors (Lipinski definition) is 2. The van der Waals surface area contributed by atoms with Gasteiger partial charge in [0.25, 0.3) is 5.56 Å². The summed E-state index contributed by atoms with van der Waals surface area (Å²) in [6.45, 7) is 0.250. The summed E-state index contributed by atoms with van der Waals surface area (Å²) in [6, 6.07) is 11.1. The predicted octanol–water partition coefficient (Wildman–Crippen LogP) is 0.836. The third kappa shape index (κ3) is 1.99. The fourth-order valence-corrected chi connectivity index (χ4v) is 1.47. The highest BCUT2D eigenvalue weighted by Crippen LogP contribution is 2.13. The Morgan fingerprint density at radius 3 is 2.67 bits per heavy atom. The molecule has 1 aromatic heterocycles. The zero-order valence-electron chi connectivity index (χ0n) is 8.18. The lowest BCUT2D eigenvalue weighted by Crippen LogP contribution is -2.17. The highest BCUT2D eigenvalue weighted by atomic mass is 16.3. The first-order valence-electron chi connectivity index (χ1n) is 4.77. The SMILES string of the molecule is O=c1cc(-c2ccccc2)[nH]n1CCO. The molecule has 2 rings (SSSR count). The quantitative estimate of drug-likeness (QED) is 0.778. The van der Waals surface area contributed by atoms with E-state index in [0.717, 1.165) is 11.3 Å². The van der Waals surface area contributed by atoms with Crippen LogP contribution in [-0.4, -0.2) is 21.5 Å². The minimum absolute atomic E-state index is 0.0470. The fourth-order valence-electron chi connectivity index (χ4n) is 1.47. The van der Waals surface area contributed by atoms with Gasteiger partial charge in [-0.15, -0.1) is 0 Å². The number of benzene rings is 1. The van der Waals surface area contributed by atoms with Crippen LogP contribution in [0.5, 0.6) is 0 Å². The molecule has 2 N–H and O–H groups in total. The lowest BCUT2D eigenvalue weighted by atomic mass is 10.2. The maximum atomic E-state index is 11.4. The second-order valence-corrected chi connectivity index (χ2v) is 3.25. The minimum Gasteiger partial charge on any atom is -0.394 e. The van der Waals surface area contributed by atoms with Crippen LogP contribution < -0.4 is 5.56 Å². The number of nitrogens with one attached hydrogen (secondary N) is 1. The number of aliphatic hydroxyl groups is 1. The summed E-state index contributed by atoms with van der Waals surface area (Å²) in [5.74, 6) is 0. The molecule has 1 heterocycles. The van der Waals surface area contributed by atoms with Gasteiger partial charge in [-0.25, -0.2) is 0 Å². The molecule has 15 heavy (non-hydrogen) atoms. The maximum Gasteiger partial charge on any atom is 0.267 e. The monoisotopic (exact) mass is 204 g/mol. The van der Waals surface area contributed by atoms with E-state index in [2.05, 4.69) is 5.10 Å². The van der Waals surface area contributed by atoms with Gasteiger partial charge in [0.15, 0.2) is 0 Å². The molecule has 0 spiro atoms. The molecule has 0 aliphatic carbocycles. The van der Waals surface area contributed by atoms with E-state index in [9.17, 15) is 4.79 Å².